The molecule has 58 heavy (non-hydrogen) atoms. The molecule has 0 atom stereocenters. The van der Waals surface area contributed by atoms with Crippen LogP contribution in [-0.2, 0) is 0 Å². The van der Waals surface area contributed by atoms with Crippen LogP contribution in [0.1, 0.15) is 0 Å². The number of furan rings is 1. The SMILES string of the molecule is c1ccc2cc3c(cc2c1)oc1c(N(c2ccc(-c4cccc5ccccc45)cc2)c2ccc(-c4cc5ccccc5c5ccccc45)c4ccccc24)cccc13. The van der Waals surface area contributed by atoms with Crippen LogP contribution in [0.25, 0.3) is 98.1 Å². The summed E-state index contributed by atoms with van der Waals surface area (Å²) in [5.74, 6) is 0. The van der Waals surface area contributed by atoms with Crippen LogP contribution in [0, 0.1) is 0 Å². The van der Waals surface area contributed by atoms with E-state index in [1.807, 2.05) is 0 Å². The normalized spacial score (nSPS) is 11.8. The van der Waals surface area contributed by atoms with Gasteiger partial charge < -0.3 is 9.32 Å². The van der Waals surface area contributed by atoms with Gasteiger partial charge in [0.25, 0.3) is 0 Å². The van der Waals surface area contributed by atoms with Crippen LogP contribution < -0.4 is 4.90 Å². The van der Waals surface area contributed by atoms with Crippen LogP contribution in [0.2, 0.25) is 0 Å². The van der Waals surface area contributed by atoms with Gasteiger partial charge in [-0.15, -0.1) is 0 Å². The fourth-order valence-corrected chi connectivity index (χ4v) is 9.31. The topological polar surface area (TPSA) is 16.4 Å². The molecule has 1 heterocycles. The van der Waals surface area contributed by atoms with Crippen molar-refractivity contribution in [3.63, 3.8) is 0 Å². The summed E-state index contributed by atoms with van der Waals surface area (Å²) in [6, 6.07) is 77.0. The Hall–Kier alpha value is -7.68. The van der Waals surface area contributed by atoms with Crippen LogP contribution >= 0.6 is 0 Å². The number of anilines is 3. The van der Waals surface area contributed by atoms with Gasteiger partial charge in [-0.25, -0.2) is 0 Å². The molecule has 0 unspecified atom stereocenters. The highest BCUT2D eigenvalue weighted by molar-refractivity contribution is 6.19. The Bertz CT molecular complexity index is 3570. The number of nitrogens with zero attached hydrogens (tertiary/aromatic N) is 1. The molecule has 1 aromatic heterocycles. The van der Waals surface area contributed by atoms with E-state index >= 15 is 0 Å². The van der Waals surface area contributed by atoms with Gasteiger partial charge in [-0.3, -0.25) is 0 Å². The molecule has 0 saturated heterocycles. The lowest BCUT2D eigenvalue weighted by molar-refractivity contribution is 0.669. The molecule has 0 amide bonds. The molecule has 2 nitrogen and oxygen atoms in total. The predicted octanol–water partition coefficient (Wildman–Crippen LogP) is 16.2. The molecule has 0 saturated carbocycles. The molecular formula is C56H35NO. The van der Waals surface area contributed by atoms with Crippen molar-refractivity contribution in [2.24, 2.45) is 0 Å². The van der Waals surface area contributed by atoms with Gasteiger partial charge in [0, 0.05) is 21.8 Å². The molecule has 11 aromatic carbocycles. The molecule has 12 rings (SSSR count). The standard InChI is InChI=1S/C56H35NO/c1-2-15-39-35-55-52(33-38(39)14-1)50-25-12-26-54(56(50)58-55)57(41-29-27-37(28-30-41)43-24-11-17-36-13-3-5-18-42(36)43)53-32-31-48(46-21-9-10-23-49(46)53)51-34-40-16-4-6-19-44(40)45-20-7-8-22-47(45)51/h1-35H. The van der Waals surface area contributed by atoms with Gasteiger partial charge in [0.1, 0.15) is 5.58 Å². The number of fused-ring (bicyclic) bond motifs is 9. The third kappa shape index (κ3) is 5.05. The van der Waals surface area contributed by atoms with E-state index < -0.39 is 0 Å². The zero-order valence-corrected chi connectivity index (χ0v) is 31.6. The molecule has 0 aliphatic carbocycles. The number of benzene rings is 11. The van der Waals surface area contributed by atoms with Gasteiger partial charge >= 0.3 is 0 Å². The van der Waals surface area contributed by atoms with E-state index in [4.69, 9.17) is 4.42 Å². The van der Waals surface area contributed by atoms with Crippen molar-refractivity contribution in [1.82, 2.24) is 0 Å². The summed E-state index contributed by atoms with van der Waals surface area (Å²) in [7, 11) is 0. The van der Waals surface area contributed by atoms with Crippen molar-refractivity contribution >= 4 is 92.9 Å². The Morgan fingerprint density at radius 1 is 0.293 bits per heavy atom. The van der Waals surface area contributed by atoms with Crippen molar-refractivity contribution in [3.8, 4) is 22.3 Å². The Labute approximate surface area is 335 Å². The van der Waals surface area contributed by atoms with Crippen LogP contribution in [0.3, 0.4) is 0 Å². The van der Waals surface area contributed by atoms with Crippen molar-refractivity contribution in [2.75, 3.05) is 4.90 Å². The first-order chi connectivity index (χ1) is 28.8. The Balaban J connectivity index is 1.11. The summed E-state index contributed by atoms with van der Waals surface area (Å²) in [5, 5.41) is 14.4. The van der Waals surface area contributed by atoms with Crippen molar-refractivity contribution in [2.45, 2.75) is 0 Å². The van der Waals surface area contributed by atoms with Crippen molar-refractivity contribution < 1.29 is 4.42 Å². The molecule has 0 aliphatic rings. The van der Waals surface area contributed by atoms with Crippen LogP contribution in [0.15, 0.2) is 217 Å². The molecule has 0 spiro atoms. The highest BCUT2D eigenvalue weighted by atomic mass is 16.3. The monoisotopic (exact) mass is 737 g/mol. The maximum Gasteiger partial charge on any atom is 0.159 e. The molecule has 2 heteroatoms. The maximum absolute atomic E-state index is 6.91. The lowest BCUT2D eigenvalue weighted by Gasteiger charge is -2.28. The second-order valence-electron chi connectivity index (χ2n) is 15.2. The minimum absolute atomic E-state index is 0.861. The first-order valence-electron chi connectivity index (χ1n) is 19.9. The number of rotatable bonds is 5. The molecular weight excluding hydrogens is 703 g/mol. The lowest BCUT2D eigenvalue weighted by Crippen LogP contribution is -2.11. The average molecular weight is 738 g/mol. The van der Waals surface area contributed by atoms with E-state index in [0.717, 1.165) is 44.4 Å². The molecule has 0 N–H and O–H groups in total. The summed E-state index contributed by atoms with van der Waals surface area (Å²) in [4.78, 5) is 2.39. The van der Waals surface area contributed by atoms with Crippen LogP contribution in [-0.4, -0.2) is 0 Å². The molecule has 0 aliphatic heterocycles. The van der Waals surface area contributed by atoms with Crippen LogP contribution in [0.4, 0.5) is 17.1 Å². The minimum atomic E-state index is 0.861. The average Bonchev–Trinajstić information content (AvgIpc) is 3.66. The predicted molar refractivity (Wildman–Crippen MR) is 247 cm³/mol. The Kier molecular flexibility index (Phi) is 7.26. The smallest absolute Gasteiger partial charge is 0.159 e. The third-order valence-corrected chi connectivity index (χ3v) is 12.0. The lowest BCUT2D eigenvalue weighted by atomic mass is 9.90. The highest BCUT2D eigenvalue weighted by Gasteiger charge is 2.23. The first kappa shape index (κ1) is 32.6. The van der Waals surface area contributed by atoms with Gasteiger partial charge in [0.05, 0.1) is 11.4 Å². The van der Waals surface area contributed by atoms with Crippen molar-refractivity contribution in [1.29, 1.82) is 0 Å². The van der Waals surface area contributed by atoms with Gasteiger partial charge in [-0.1, -0.05) is 170 Å². The molecule has 0 fully saturated rings. The minimum Gasteiger partial charge on any atom is -0.454 e. The van der Waals surface area contributed by atoms with E-state index in [-0.39, 0.29) is 0 Å². The highest BCUT2D eigenvalue weighted by Crippen LogP contribution is 2.47. The van der Waals surface area contributed by atoms with E-state index in [2.05, 4.69) is 217 Å². The van der Waals surface area contributed by atoms with Crippen molar-refractivity contribution in [3.05, 3.63) is 212 Å². The summed E-state index contributed by atoms with van der Waals surface area (Å²) >= 11 is 0. The van der Waals surface area contributed by atoms with Gasteiger partial charge in [0.2, 0.25) is 0 Å². The fourth-order valence-electron chi connectivity index (χ4n) is 9.31. The first-order valence-corrected chi connectivity index (χ1v) is 19.9. The third-order valence-electron chi connectivity index (χ3n) is 12.0. The molecule has 0 bridgehead atoms. The Morgan fingerprint density at radius 3 is 1.67 bits per heavy atom. The van der Waals surface area contributed by atoms with Crippen LogP contribution in [0.5, 0.6) is 0 Å². The Morgan fingerprint density at radius 2 is 0.879 bits per heavy atom. The summed E-state index contributed by atoms with van der Waals surface area (Å²) in [6.07, 6.45) is 0. The second-order valence-corrected chi connectivity index (χ2v) is 15.2. The van der Waals surface area contributed by atoms with E-state index in [0.29, 0.717) is 0 Å². The van der Waals surface area contributed by atoms with E-state index in [1.165, 1.54) is 70.7 Å². The van der Waals surface area contributed by atoms with Gasteiger partial charge in [-0.2, -0.15) is 0 Å². The van der Waals surface area contributed by atoms with E-state index in [1.54, 1.807) is 0 Å². The second kappa shape index (κ2) is 12.9. The molecule has 270 valence electrons. The quantitative estimate of drug-likeness (QED) is 0.164. The summed E-state index contributed by atoms with van der Waals surface area (Å²) < 4.78 is 6.91. The van der Waals surface area contributed by atoms with Gasteiger partial charge in [0.15, 0.2) is 5.58 Å². The molecule has 12 aromatic rings. The zero-order valence-electron chi connectivity index (χ0n) is 31.6. The maximum atomic E-state index is 6.91. The van der Waals surface area contributed by atoms with Gasteiger partial charge in [-0.05, 0) is 113 Å². The zero-order chi connectivity index (χ0) is 38.2. The largest absolute Gasteiger partial charge is 0.454 e. The summed E-state index contributed by atoms with van der Waals surface area (Å²) in [5.41, 5.74) is 9.71. The summed E-state index contributed by atoms with van der Waals surface area (Å²) in [6.45, 7) is 0. The number of para-hydroxylation sites is 1. The molecule has 0 radical (unpaired) electrons. The van der Waals surface area contributed by atoms with E-state index in [9.17, 15) is 0 Å². The fraction of sp³-hybridized carbons (Fsp3) is 0. The number of hydrogen-bond donors (Lipinski definition) is 0. The number of hydrogen-bond acceptors (Lipinski definition) is 2.